The summed E-state index contributed by atoms with van der Waals surface area (Å²) >= 11 is 0. The average Bonchev–Trinajstić information content (AvgIpc) is 0.893. The Bertz CT molecular complexity index is 7480. The van der Waals surface area contributed by atoms with Gasteiger partial charge in [-0.25, -0.2) is 0 Å². The third-order valence-electron chi connectivity index (χ3n) is 25.5. The molecule has 2 aliphatic heterocycles. The summed E-state index contributed by atoms with van der Waals surface area (Å²) in [7, 11) is 0. The zero-order chi connectivity index (χ0) is 80.6. The molecule has 19 aromatic carbocycles. The minimum absolute atomic E-state index is 0.338. The van der Waals surface area contributed by atoms with Crippen molar-refractivity contribution in [2.45, 2.75) is 13.8 Å². The molecule has 0 saturated heterocycles. The van der Waals surface area contributed by atoms with Gasteiger partial charge >= 0.3 is 0 Å². The van der Waals surface area contributed by atoms with Crippen molar-refractivity contribution in [1.29, 1.82) is 0 Å². The van der Waals surface area contributed by atoms with Gasteiger partial charge in [0.05, 0.1) is 33.4 Å². The van der Waals surface area contributed by atoms with Crippen LogP contribution in [0.25, 0.3) is 177 Å². The molecule has 2 aliphatic rings. The highest BCUT2D eigenvalue weighted by Gasteiger charge is 2.46. The van der Waals surface area contributed by atoms with Gasteiger partial charge in [0.2, 0.25) is 0 Å². The molecule has 0 N–H and O–H groups in total. The van der Waals surface area contributed by atoms with Crippen molar-refractivity contribution >= 4 is 123 Å². The lowest BCUT2D eigenvalue weighted by Gasteiger charge is -2.46. The van der Waals surface area contributed by atoms with E-state index in [1.54, 1.807) is 0 Å². The summed E-state index contributed by atoms with van der Waals surface area (Å²) in [5, 5.41) is 6.95. The normalized spacial score (nSPS) is 12.3. The lowest BCUT2D eigenvalue weighted by Crippen LogP contribution is -2.61. The minimum atomic E-state index is -0.338. The summed E-state index contributed by atoms with van der Waals surface area (Å²) in [5.74, 6) is 0. The third kappa shape index (κ3) is 11.5. The van der Waals surface area contributed by atoms with E-state index in [-0.39, 0.29) is 6.71 Å². The third-order valence-corrected chi connectivity index (χ3v) is 25.5. The fraction of sp³-hybridized carbons (Fsp3) is 0.0172. The number of aryl methyl sites for hydroxylation is 2. The Hall–Kier alpha value is -15.8. The first kappa shape index (κ1) is 70.5. The molecule has 0 unspecified atom stereocenters. The predicted octanol–water partition coefficient (Wildman–Crippen LogP) is 29.5. The second-order valence-corrected chi connectivity index (χ2v) is 32.8. The van der Waals surface area contributed by atoms with Gasteiger partial charge in [0, 0.05) is 88.7 Å². The quantitative estimate of drug-likeness (QED) is 0.108. The van der Waals surface area contributed by atoms with Gasteiger partial charge in [-0.15, -0.1) is 0 Å². The molecule has 0 saturated carbocycles. The molecule has 0 amide bonds. The van der Waals surface area contributed by atoms with Crippen molar-refractivity contribution in [3.8, 4) is 112 Å². The molecule has 22 aromatic rings. The van der Waals surface area contributed by atoms with Crippen molar-refractivity contribution in [2.24, 2.45) is 0 Å². The van der Waals surface area contributed by atoms with Crippen LogP contribution in [0.3, 0.4) is 0 Å². The van der Waals surface area contributed by atoms with E-state index in [1.165, 1.54) is 60.2 Å². The van der Waals surface area contributed by atoms with Crippen LogP contribution in [0.5, 0.6) is 0 Å². The maximum Gasteiger partial charge on any atom is 0.252 e. The summed E-state index contributed by atoms with van der Waals surface area (Å²) in [5.41, 5.74) is 40.9. The topological polar surface area (TPSA) is 29.5 Å². The molecule has 0 fully saturated rings. The first-order valence-electron chi connectivity index (χ1n) is 42.2. The zero-order valence-corrected chi connectivity index (χ0v) is 67.3. The molecule has 5 heterocycles. The van der Waals surface area contributed by atoms with Gasteiger partial charge in [-0.3, -0.25) is 0 Å². The Balaban J connectivity index is 0.854. The fourth-order valence-corrected chi connectivity index (χ4v) is 20.1. The molecule has 0 bridgehead atoms. The summed E-state index contributed by atoms with van der Waals surface area (Å²) in [6.07, 6.45) is 0. The van der Waals surface area contributed by atoms with Crippen LogP contribution in [-0.2, 0) is 0 Å². The molecule has 122 heavy (non-hydrogen) atoms. The van der Waals surface area contributed by atoms with E-state index in [0.717, 1.165) is 179 Å². The Morgan fingerprint density at radius 2 is 0.516 bits per heavy atom. The number of nitrogens with zero attached hydrogens (tertiary/aromatic N) is 4. The second-order valence-electron chi connectivity index (χ2n) is 32.8. The van der Waals surface area contributed by atoms with E-state index in [1.807, 2.05) is 0 Å². The van der Waals surface area contributed by atoms with Crippen LogP contribution in [0.1, 0.15) is 11.1 Å². The lowest BCUT2D eigenvalue weighted by atomic mass is 9.33. The Kier molecular flexibility index (Phi) is 16.5. The maximum atomic E-state index is 6.77. The molecule has 0 atom stereocenters. The summed E-state index contributed by atoms with van der Waals surface area (Å²) in [6.45, 7) is 4.21. The van der Waals surface area contributed by atoms with Gasteiger partial charge in [0.25, 0.3) is 6.71 Å². The molecule has 3 aromatic heterocycles. The zero-order valence-electron chi connectivity index (χ0n) is 67.3. The SMILES string of the molecule is Cc1cc(-c2ccccc2)c(N2c3cc(-n4c5ccccc5c5ccccc54)ccc3B3c4ccc(-n5c6ccccc6c6ccccc65)cc4N(c4c(-c5ccccc5)cc(C)cc4-c4cccc(-c5cccc(-c6ccccc6)c5)c4)c4cc(-c5ccc6oc7ccccc7c6c5)cc2c43)c(-c2cccc(-c3cccc(-c4ccccc4)c3)c2)c1. The molecular formula is C116H77BN4O. The predicted molar refractivity (Wildman–Crippen MR) is 515 cm³/mol. The monoisotopic (exact) mass is 1550 g/mol. The van der Waals surface area contributed by atoms with Crippen LogP contribution >= 0.6 is 0 Å². The number of para-hydroxylation sites is 5. The molecule has 6 heteroatoms. The van der Waals surface area contributed by atoms with Crippen LogP contribution in [-0.4, -0.2) is 15.8 Å². The van der Waals surface area contributed by atoms with Crippen molar-refractivity contribution in [2.75, 3.05) is 9.80 Å². The first-order chi connectivity index (χ1) is 60.3. The van der Waals surface area contributed by atoms with Gasteiger partial charge in [0.15, 0.2) is 0 Å². The van der Waals surface area contributed by atoms with Crippen LogP contribution in [0.4, 0.5) is 34.1 Å². The number of fused-ring (bicyclic) bond motifs is 13. The van der Waals surface area contributed by atoms with E-state index in [9.17, 15) is 0 Å². The number of anilines is 6. The number of furan rings is 1. The highest BCUT2D eigenvalue weighted by Crippen LogP contribution is 2.56. The molecule has 5 nitrogen and oxygen atoms in total. The van der Waals surface area contributed by atoms with Crippen LogP contribution in [0, 0.1) is 13.8 Å². The summed E-state index contributed by atoms with van der Waals surface area (Å²) < 4.78 is 11.8. The van der Waals surface area contributed by atoms with Crippen LogP contribution in [0.15, 0.2) is 435 Å². The van der Waals surface area contributed by atoms with Crippen molar-refractivity contribution in [3.63, 3.8) is 0 Å². The number of rotatable bonds is 13. The first-order valence-corrected chi connectivity index (χ1v) is 42.2. The van der Waals surface area contributed by atoms with Crippen molar-refractivity contribution in [1.82, 2.24) is 9.13 Å². The van der Waals surface area contributed by atoms with E-state index < -0.39 is 0 Å². The average molecular weight is 1550 g/mol. The Morgan fingerprint density at radius 1 is 0.205 bits per heavy atom. The van der Waals surface area contributed by atoms with Gasteiger partial charge < -0.3 is 23.4 Å². The maximum absolute atomic E-state index is 6.77. The highest BCUT2D eigenvalue weighted by atomic mass is 16.3. The molecular weight excluding hydrogens is 1480 g/mol. The molecule has 0 aliphatic carbocycles. The van der Waals surface area contributed by atoms with Crippen LogP contribution in [0.2, 0.25) is 0 Å². The minimum Gasteiger partial charge on any atom is -0.456 e. The van der Waals surface area contributed by atoms with E-state index in [0.29, 0.717) is 0 Å². The van der Waals surface area contributed by atoms with E-state index in [2.05, 4.69) is 463 Å². The van der Waals surface area contributed by atoms with Gasteiger partial charge in [0.1, 0.15) is 11.2 Å². The molecule has 24 rings (SSSR count). The number of hydrogen-bond donors (Lipinski definition) is 0. The summed E-state index contributed by atoms with van der Waals surface area (Å²) in [6, 6.07) is 161. The standard InChI is InChI=1S/C116H77BN4O/c1-74-61-97(78-33-11-5-12-34-78)115(99(63-74)87-43-27-41-84(67-87)82-39-25-37-80(65-82)76-29-7-3-8-30-76)120-108-72-90(118-104-50-20-15-45-92(104)93-46-16-21-51-105(93)118)56-58-102(108)117-103-59-57-91(119-106-52-22-17-47-94(106)95-48-18-23-53-107(95)119)73-109(103)121(111-71-89(70-110(120)114(111)117)86-55-60-113-101(69-86)96-49-19-24-54-112(96)122-113)116-98(79-35-13-6-14-36-79)62-75(2)64-100(116)88-44-28-42-85(68-88)83-40-26-38-81(66-83)77-31-9-4-10-32-77/h3-73H,1-2H3. The van der Waals surface area contributed by atoms with Gasteiger partial charge in [-0.05, 0) is 247 Å². The van der Waals surface area contributed by atoms with Crippen LogP contribution < -0.4 is 26.2 Å². The fourth-order valence-electron chi connectivity index (χ4n) is 20.1. The summed E-state index contributed by atoms with van der Waals surface area (Å²) in [4.78, 5) is 5.43. The van der Waals surface area contributed by atoms with E-state index >= 15 is 0 Å². The second kappa shape index (κ2) is 28.5. The Labute approximate surface area is 708 Å². The van der Waals surface area contributed by atoms with Gasteiger partial charge in [-0.2, -0.15) is 0 Å². The highest BCUT2D eigenvalue weighted by molar-refractivity contribution is 7.00. The molecule has 0 radical (unpaired) electrons. The number of hydrogen-bond acceptors (Lipinski definition) is 3. The molecule has 0 spiro atoms. The van der Waals surface area contributed by atoms with Gasteiger partial charge in [-0.1, -0.05) is 303 Å². The smallest absolute Gasteiger partial charge is 0.252 e. The lowest BCUT2D eigenvalue weighted by molar-refractivity contribution is 0.669. The van der Waals surface area contributed by atoms with E-state index in [4.69, 9.17) is 4.42 Å². The van der Waals surface area contributed by atoms with Crippen molar-refractivity contribution < 1.29 is 4.42 Å². The number of aromatic nitrogens is 2. The largest absolute Gasteiger partial charge is 0.456 e. The van der Waals surface area contributed by atoms with Crippen molar-refractivity contribution in [3.05, 3.63) is 442 Å². The molecule has 570 valence electrons. The Morgan fingerprint density at radius 3 is 0.926 bits per heavy atom. The number of benzene rings is 19.